The van der Waals surface area contributed by atoms with E-state index >= 15 is 0 Å². The Balaban J connectivity index is 2.31. The third kappa shape index (κ3) is 1.81. The maximum atomic E-state index is 12.6. The Morgan fingerprint density at radius 2 is 2.13 bits per heavy atom. The van der Waals surface area contributed by atoms with Crippen molar-refractivity contribution < 1.29 is 9.18 Å². The van der Waals surface area contributed by atoms with Gasteiger partial charge in [-0.25, -0.2) is 0 Å². The monoisotopic (exact) mass is 206 g/mol. The van der Waals surface area contributed by atoms with Crippen molar-refractivity contribution in [3.63, 3.8) is 0 Å². The Bertz CT molecular complexity index is 371. The summed E-state index contributed by atoms with van der Waals surface area (Å²) in [6, 6.07) is 7.59. The predicted octanol–water partition coefficient (Wildman–Crippen LogP) is 3.35. The highest BCUT2D eigenvalue weighted by Crippen LogP contribution is 2.43. The van der Waals surface area contributed by atoms with E-state index in [1.165, 1.54) is 0 Å². The van der Waals surface area contributed by atoms with Crippen molar-refractivity contribution in [1.82, 2.24) is 0 Å². The van der Waals surface area contributed by atoms with E-state index in [2.05, 4.69) is 0 Å². The van der Waals surface area contributed by atoms with Crippen LogP contribution in [0.1, 0.15) is 41.6 Å². The van der Waals surface area contributed by atoms with Crippen molar-refractivity contribution in [2.45, 2.75) is 25.7 Å². The number of carbonyl (C=O) groups is 1. The Morgan fingerprint density at radius 3 is 2.67 bits per heavy atom. The van der Waals surface area contributed by atoms with Crippen LogP contribution < -0.4 is 0 Å². The average Bonchev–Trinajstić information content (AvgIpc) is 2.17. The lowest BCUT2D eigenvalue weighted by Gasteiger charge is -2.36. The van der Waals surface area contributed by atoms with E-state index in [1.807, 2.05) is 24.3 Å². The number of Topliss-reactive ketones (excluding diaryl/α,β-unsaturated/α-hetero) is 1. The Morgan fingerprint density at radius 1 is 1.40 bits per heavy atom. The summed E-state index contributed by atoms with van der Waals surface area (Å²) in [6.45, 7) is 1.30. The summed E-state index contributed by atoms with van der Waals surface area (Å²) in [4.78, 5) is 11.4. The predicted molar refractivity (Wildman–Crippen MR) is 57.9 cm³/mol. The average molecular weight is 206 g/mol. The van der Waals surface area contributed by atoms with Gasteiger partial charge in [0.15, 0.2) is 5.78 Å². The standard InChI is InChI=1S/C13H15FO/c1-9(15)11-4-2-3-5-13(11)12-7-6-10(12)8-14/h2-5,10,12H,6-8H2,1H3. The third-order valence-corrected chi connectivity index (χ3v) is 3.36. The molecule has 0 spiro atoms. The third-order valence-electron chi connectivity index (χ3n) is 3.36. The number of ketones is 1. The Labute approximate surface area is 89.3 Å². The molecule has 2 heteroatoms. The molecule has 0 aliphatic heterocycles. The molecule has 2 atom stereocenters. The van der Waals surface area contributed by atoms with Crippen LogP contribution in [0.4, 0.5) is 4.39 Å². The fourth-order valence-corrected chi connectivity index (χ4v) is 2.30. The number of hydrogen-bond donors (Lipinski definition) is 0. The summed E-state index contributed by atoms with van der Waals surface area (Å²) >= 11 is 0. The van der Waals surface area contributed by atoms with Gasteiger partial charge in [-0.15, -0.1) is 0 Å². The van der Waals surface area contributed by atoms with E-state index in [1.54, 1.807) is 6.92 Å². The summed E-state index contributed by atoms with van der Waals surface area (Å²) in [5.74, 6) is 0.468. The van der Waals surface area contributed by atoms with Gasteiger partial charge in [0.05, 0.1) is 6.67 Å². The lowest BCUT2D eigenvalue weighted by Crippen LogP contribution is -2.26. The van der Waals surface area contributed by atoms with Crippen molar-refractivity contribution in [3.05, 3.63) is 35.4 Å². The van der Waals surface area contributed by atoms with E-state index in [0.29, 0.717) is 0 Å². The van der Waals surface area contributed by atoms with Crippen LogP contribution in [0, 0.1) is 5.92 Å². The van der Waals surface area contributed by atoms with Crippen LogP contribution in [0.2, 0.25) is 0 Å². The molecule has 1 nitrogen and oxygen atoms in total. The van der Waals surface area contributed by atoms with Gasteiger partial charge in [0, 0.05) is 5.56 Å². The molecule has 2 unspecified atom stereocenters. The molecule has 0 amide bonds. The molecule has 1 aromatic carbocycles. The van der Waals surface area contributed by atoms with Crippen molar-refractivity contribution in [3.8, 4) is 0 Å². The number of halogens is 1. The van der Waals surface area contributed by atoms with Crippen LogP contribution >= 0.6 is 0 Å². The van der Waals surface area contributed by atoms with Gasteiger partial charge in [0.2, 0.25) is 0 Å². The maximum absolute atomic E-state index is 12.6. The van der Waals surface area contributed by atoms with Crippen LogP contribution in [-0.4, -0.2) is 12.5 Å². The van der Waals surface area contributed by atoms with Gasteiger partial charge in [-0.2, -0.15) is 0 Å². The molecular formula is C13H15FO. The summed E-state index contributed by atoms with van der Waals surface area (Å²) in [6.07, 6.45) is 1.96. The molecule has 80 valence electrons. The van der Waals surface area contributed by atoms with Crippen LogP contribution in [0.15, 0.2) is 24.3 Å². The van der Waals surface area contributed by atoms with Gasteiger partial charge in [0.25, 0.3) is 0 Å². The minimum Gasteiger partial charge on any atom is -0.295 e. The molecule has 0 N–H and O–H groups in total. The van der Waals surface area contributed by atoms with Gasteiger partial charge in [0.1, 0.15) is 0 Å². The largest absolute Gasteiger partial charge is 0.295 e. The fourth-order valence-electron chi connectivity index (χ4n) is 2.30. The summed E-state index contributed by atoms with van der Waals surface area (Å²) in [5.41, 5.74) is 1.81. The number of alkyl halides is 1. The Kier molecular flexibility index (Phi) is 2.85. The van der Waals surface area contributed by atoms with E-state index < -0.39 is 0 Å². The molecule has 0 aromatic heterocycles. The van der Waals surface area contributed by atoms with Gasteiger partial charge in [-0.1, -0.05) is 24.3 Å². The minimum atomic E-state index is -0.267. The van der Waals surface area contributed by atoms with E-state index in [-0.39, 0.29) is 24.3 Å². The topological polar surface area (TPSA) is 17.1 Å². The second kappa shape index (κ2) is 4.13. The van der Waals surface area contributed by atoms with Gasteiger partial charge in [-0.05, 0) is 37.2 Å². The molecule has 1 fully saturated rings. The van der Waals surface area contributed by atoms with Crippen LogP contribution in [0.3, 0.4) is 0 Å². The molecule has 2 rings (SSSR count). The first-order chi connectivity index (χ1) is 7.24. The van der Waals surface area contributed by atoms with Crippen molar-refractivity contribution >= 4 is 5.78 Å². The highest BCUT2D eigenvalue weighted by Gasteiger charge is 2.33. The van der Waals surface area contributed by atoms with Crippen LogP contribution in [0.5, 0.6) is 0 Å². The highest BCUT2D eigenvalue weighted by molar-refractivity contribution is 5.95. The fraction of sp³-hybridized carbons (Fsp3) is 0.462. The lowest BCUT2D eigenvalue weighted by atomic mass is 9.69. The van der Waals surface area contributed by atoms with E-state index in [4.69, 9.17) is 0 Å². The van der Waals surface area contributed by atoms with Crippen molar-refractivity contribution in [2.24, 2.45) is 5.92 Å². The maximum Gasteiger partial charge on any atom is 0.160 e. The first kappa shape index (κ1) is 10.3. The van der Waals surface area contributed by atoms with E-state index in [0.717, 1.165) is 24.0 Å². The van der Waals surface area contributed by atoms with Gasteiger partial charge < -0.3 is 0 Å². The summed E-state index contributed by atoms with van der Waals surface area (Å²) in [7, 11) is 0. The molecule has 15 heavy (non-hydrogen) atoms. The second-order valence-electron chi connectivity index (χ2n) is 4.24. The van der Waals surface area contributed by atoms with Gasteiger partial charge in [-0.3, -0.25) is 9.18 Å². The molecule has 1 aliphatic rings. The molecule has 0 radical (unpaired) electrons. The van der Waals surface area contributed by atoms with Gasteiger partial charge >= 0.3 is 0 Å². The summed E-state index contributed by atoms with van der Waals surface area (Å²) < 4.78 is 12.6. The smallest absolute Gasteiger partial charge is 0.160 e. The number of benzene rings is 1. The number of hydrogen-bond acceptors (Lipinski definition) is 1. The van der Waals surface area contributed by atoms with Crippen LogP contribution in [-0.2, 0) is 0 Å². The molecule has 0 bridgehead atoms. The molecule has 0 saturated heterocycles. The quantitative estimate of drug-likeness (QED) is 0.693. The number of rotatable bonds is 3. The normalized spacial score (nSPS) is 24.7. The van der Waals surface area contributed by atoms with Crippen LogP contribution in [0.25, 0.3) is 0 Å². The lowest BCUT2D eigenvalue weighted by molar-refractivity contribution is 0.101. The van der Waals surface area contributed by atoms with E-state index in [9.17, 15) is 9.18 Å². The van der Waals surface area contributed by atoms with Crippen molar-refractivity contribution in [1.29, 1.82) is 0 Å². The molecule has 0 heterocycles. The number of carbonyl (C=O) groups excluding carboxylic acids is 1. The first-order valence-corrected chi connectivity index (χ1v) is 5.40. The minimum absolute atomic E-state index is 0.0788. The van der Waals surface area contributed by atoms with Crippen molar-refractivity contribution in [2.75, 3.05) is 6.67 Å². The Hall–Kier alpha value is -1.18. The summed E-state index contributed by atoms with van der Waals surface area (Å²) in [5, 5.41) is 0. The molecule has 1 aromatic rings. The zero-order valence-electron chi connectivity index (χ0n) is 8.87. The zero-order valence-corrected chi connectivity index (χ0v) is 8.87. The molecular weight excluding hydrogens is 191 g/mol. The SMILES string of the molecule is CC(=O)c1ccccc1C1CCC1CF. The molecule has 1 aliphatic carbocycles. The highest BCUT2D eigenvalue weighted by atomic mass is 19.1. The molecule has 1 saturated carbocycles. The first-order valence-electron chi connectivity index (χ1n) is 5.40. The second-order valence-corrected chi connectivity index (χ2v) is 4.24. The zero-order chi connectivity index (χ0) is 10.8.